The van der Waals surface area contributed by atoms with Crippen LogP contribution in [0.4, 0.5) is 5.82 Å². The highest BCUT2D eigenvalue weighted by Gasteiger charge is 2.50. The first-order chi connectivity index (χ1) is 25.6. The highest BCUT2D eigenvalue weighted by atomic mass is 32.2. The SMILES string of the molecule is CC=C=CCC(=O)SCCNC(=O)CCNC(=O)[C@@H](O)C(C)(C)COP(=O)(O)OP(=O)(O)OC[C@H]1O[C@@H](n2cnc3c(N)ncnc32)[C@H](O)[C@@H]1OP(=O)(O)O. The van der Waals surface area contributed by atoms with Crippen molar-refractivity contribution in [1.82, 2.24) is 30.2 Å². The summed E-state index contributed by atoms with van der Waals surface area (Å²) in [6.45, 7) is 2.23. The van der Waals surface area contributed by atoms with Crippen LogP contribution in [0, 0.1) is 5.41 Å². The summed E-state index contributed by atoms with van der Waals surface area (Å²) in [5.41, 5.74) is 7.04. The molecular formula is C27H42N7O17P3S. The van der Waals surface area contributed by atoms with Crippen molar-refractivity contribution in [3.05, 3.63) is 30.5 Å². The molecule has 0 radical (unpaired) electrons. The zero-order valence-electron chi connectivity index (χ0n) is 29.4. The number of ether oxygens (including phenoxy) is 1. The Labute approximate surface area is 317 Å². The monoisotopic (exact) mass is 861 g/mol. The molecule has 1 aliphatic rings. The largest absolute Gasteiger partial charge is 0.481 e. The summed E-state index contributed by atoms with van der Waals surface area (Å²) in [6, 6.07) is 0. The van der Waals surface area contributed by atoms with E-state index in [4.69, 9.17) is 19.5 Å². The van der Waals surface area contributed by atoms with E-state index >= 15 is 0 Å². The fourth-order valence-corrected chi connectivity index (χ4v) is 8.08. The molecule has 0 saturated carbocycles. The summed E-state index contributed by atoms with van der Waals surface area (Å²) in [5.74, 6) is -1.14. The lowest BCUT2D eigenvalue weighted by Crippen LogP contribution is -2.46. The summed E-state index contributed by atoms with van der Waals surface area (Å²) in [6.07, 6.45) is -3.48. The van der Waals surface area contributed by atoms with Crippen molar-refractivity contribution in [2.24, 2.45) is 5.41 Å². The van der Waals surface area contributed by atoms with Gasteiger partial charge in [-0.2, -0.15) is 4.31 Å². The summed E-state index contributed by atoms with van der Waals surface area (Å²) in [5, 5.41) is 26.2. The van der Waals surface area contributed by atoms with Gasteiger partial charge in [0.2, 0.25) is 11.8 Å². The molecule has 0 aliphatic carbocycles. The lowest BCUT2D eigenvalue weighted by atomic mass is 9.87. The molecule has 1 fully saturated rings. The number of hydrogen-bond donors (Lipinski definition) is 9. The zero-order valence-corrected chi connectivity index (χ0v) is 32.9. The summed E-state index contributed by atoms with van der Waals surface area (Å²) >= 11 is 1.04. The van der Waals surface area contributed by atoms with Crippen molar-refractivity contribution in [2.45, 2.75) is 64.3 Å². The number of aliphatic hydroxyl groups excluding tert-OH is 2. The van der Waals surface area contributed by atoms with E-state index in [1.165, 1.54) is 13.8 Å². The van der Waals surface area contributed by atoms with Gasteiger partial charge < -0.3 is 50.9 Å². The number of nitrogens with one attached hydrogen (secondary N) is 2. The Hall–Kier alpha value is -2.92. The van der Waals surface area contributed by atoms with E-state index in [1.807, 2.05) is 0 Å². The number of phosphoric ester groups is 3. The molecule has 2 aromatic heterocycles. The number of allylic oxidation sites excluding steroid dienone is 1. The minimum Gasteiger partial charge on any atom is -0.386 e. The molecule has 24 nitrogen and oxygen atoms in total. The van der Waals surface area contributed by atoms with Crippen LogP contribution >= 0.6 is 35.2 Å². The van der Waals surface area contributed by atoms with E-state index in [1.54, 1.807) is 19.1 Å². The quantitative estimate of drug-likeness (QED) is 0.0445. The first-order valence-electron chi connectivity index (χ1n) is 16.0. The number of carbonyl (C=O) groups excluding carboxylic acids is 3. The highest BCUT2D eigenvalue weighted by molar-refractivity contribution is 8.13. The average Bonchev–Trinajstić information content (AvgIpc) is 3.64. The van der Waals surface area contributed by atoms with Crippen LogP contribution in [-0.2, 0) is 50.7 Å². The average molecular weight is 862 g/mol. The van der Waals surface area contributed by atoms with Gasteiger partial charge in [0.25, 0.3) is 0 Å². The molecule has 1 aliphatic heterocycles. The zero-order chi connectivity index (χ0) is 41.2. The lowest BCUT2D eigenvalue weighted by molar-refractivity contribution is -0.137. The van der Waals surface area contributed by atoms with Gasteiger partial charge in [0.15, 0.2) is 22.8 Å². The van der Waals surface area contributed by atoms with E-state index in [0.717, 1.165) is 29.0 Å². The first kappa shape index (κ1) is 46.5. The molecule has 0 spiro atoms. The molecule has 2 amide bonds. The van der Waals surface area contributed by atoms with Gasteiger partial charge in [-0.1, -0.05) is 25.6 Å². The van der Waals surface area contributed by atoms with Gasteiger partial charge in [-0.25, -0.2) is 28.6 Å². The molecule has 308 valence electrons. The molecule has 0 bridgehead atoms. The van der Waals surface area contributed by atoms with Crippen molar-refractivity contribution in [2.75, 3.05) is 37.8 Å². The number of rotatable bonds is 21. The van der Waals surface area contributed by atoms with Crippen molar-refractivity contribution in [1.29, 1.82) is 0 Å². The number of carbonyl (C=O) groups is 3. The van der Waals surface area contributed by atoms with Gasteiger partial charge in [-0.3, -0.25) is 32.5 Å². The first-order valence-corrected chi connectivity index (χ1v) is 21.5. The van der Waals surface area contributed by atoms with Crippen molar-refractivity contribution >= 4 is 69.1 Å². The summed E-state index contributed by atoms with van der Waals surface area (Å²) < 4.78 is 62.0. The maximum absolute atomic E-state index is 12.7. The number of aromatic nitrogens is 4. The minimum absolute atomic E-state index is 0.0293. The number of nitrogen functional groups attached to an aromatic ring is 1. The lowest BCUT2D eigenvalue weighted by Gasteiger charge is -2.30. The molecule has 55 heavy (non-hydrogen) atoms. The van der Waals surface area contributed by atoms with Crippen LogP contribution in [0.3, 0.4) is 0 Å². The number of fused-ring (bicyclic) bond motifs is 1. The van der Waals surface area contributed by atoms with Crippen molar-refractivity contribution < 1.29 is 80.5 Å². The minimum atomic E-state index is -5.57. The normalized spacial score (nSPS) is 21.5. The van der Waals surface area contributed by atoms with Crippen LogP contribution in [0.15, 0.2) is 30.5 Å². The Balaban J connectivity index is 1.49. The molecule has 3 heterocycles. The van der Waals surface area contributed by atoms with Crippen LogP contribution in [0.25, 0.3) is 11.2 Å². The third-order valence-electron chi connectivity index (χ3n) is 7.32. The van der Waals surface area contributed by atoms with Gasteiger partial charge in [0, 0.05) is 37.1 Å². The van der Waals surface area contributed by atoms with E-state index in [2.05, 4.69) is 40.2 Å². The number of thioether (sulfide) groups is 1. The van der Waals surface area contributed by atoms with E-state index in [-0.39, 0.29) is 48.0 Å². The van der Waals surface area contributed by atoms with E-state index in [0.29, 0.717) is 5.75 Å². The number of aliphatic hydroxyl groups is 2. The van der Waals surface area contributed by atoms with Crippen molar-refractivity contribution in [3.63, 3.8) is 0 Å². The number of nitrogens with two attached hydrogens (primary N) is 1. The fraction of sp³-hybridized carbons (Fsp3) is 0.593. The van der Waals surface area contributed by atoms with Gasteiger partial charge in [0.1, 0.15) is 36.3 Å². The number of imidazole rings is 1. The van der Waals surface area contributed by atoms with Crippen molar-refractivity contribution in [3.8, 4) is 0 Å². The second-order valence-corrected chi connectivity index (χ2v) is 17.5. The fourth-order valence-electron chi connectivity index (χ4n) is 4.61. The van der Waals surface area contributed by atoms with Gasteiger partial charge in [-0.05, 0) is 19.1 Å². The Morgan fingerprint density at radius 3 is 2.47 bits per heavy atom. The predicted molar refractivity (Wildman–Crippen MR) is 190 cm³/mol. The molecule has 7 atom stereocenters. The Morgan fingerprint density at radius 2 is 1.80 bits per heavy atom. The van der Waals surface area contributed by atoms with E-state index < -0.39 is 84.6 Å². The van der Waals surface area contributed by atoms with Crippen LogP contribution in [-0.4, -0.2) is 123 Å². The maximum atomic E-state index is 12.7. The maximum Gasteiger partial charge on any atom is 0.481 e. The molecular weight excluding hydrogens is 819 g/mol. The molecule has 3 rings (SSSR count). The predicted octanol–water partition coefficient (Wildman–Crippen LogP) is -0.214. The van der Waals surface area contributed by atoms with Crippen LogP contribution in [0.2, 0.25) is 0 Å². The highest BCUT2D eigenvalue weighted by Crippen LogP contribution is 2.61. The second kappa shape index (κ2) is 20.0. The summed E-state index contributed by atoms with van der Waals surface area (Å²) in [4.78, 5) is 87.1. The molecule has 0 aromatic carbocycles. The van der Waals surface area contributed by atoms with Gasteiger partial charge in [0.05, 0.1) is 19.5 Å². The number of nitrogens with zero attached hydrogens (tertiary/aromatic N) is 4. The number of anilines is 1. The number of hydrogen-bond acceptors (Lipinski definition) is 18. The third kappa shape index (κ3) is 14.5. The van der Waals surface area contributed by atoms with Crippen LogP contribution < -0.4 is 16.4 Å². The standard InChI is InChI=1S/C27H42N7O17P3S/c1-4-5-6-7-18(36)55-11-10-29-17(35)8-9-30-25(39)22(38)27(2,3)13-48-54(45,46)51-53(43,44)47-12-16-21(50-52(40,41)42)20(37)26(49-16)34-15-33-19-23(28)31-14-32-24(19)34/h4,6,14-16,20-22,26,37-38H,7-13H2,1-3H3,(H,29,35)(H,30,39)(H,43,44)(H,45,46)(H2,28,31,32)(H2,40,41,42)/t5?,16-,20-,21-,22-,26-/m1/s1. The Morgan fingerprint density at radius 1 is 1.11 bits per heavy atom. The van der Waals surface area contributed by atoms with E-state index in [9.17, 15) is 57.9 Å². The smallest absolute Gasteiger partial charge is 0.386 e. The van der Waals surface area contributed by atoms with Crippen LogP contribution in [0.5, 0.6) is 0 Å². The molecule has 2 unspecified atom stereocenters. The second-order valence-electron chi connectivity index (χ2n) is 12.2. The number of amides is 2. The van der Waals surface area contributed by atoms with Crippen LogP contribution in [0.1, 0.15) is 39.8 Å². The Kier molecular flexibility index (Phi) is 16.9. The third-order valence-corrected chi connectivity index (χ3v) is 11.3. The Bertz CT molecular complexity index is 1890. The molecule has 10 N–H and O–H groups in total. The molecule has 2 aromatic rings. The molecule has 28 heteroatoms. The topological polar surface area (TPSA) is 364 Å². The van der Waals surface area contributed by atoms with Gasteiger partial charge >= 0.3 is 23.5 Å². The molecule has 1 saturated heterocycles. The van der Waals surface area contributed by atoms with Gasteiger partial charge in [-0.15, -0.1) is 5.73 Å². The number of phosphoric acid groups is 3. The summed E-state index contributed by atoms with van der Waals surface area (Å²) in [7, 11) is -16.4.